The second-order valence-corrected chi connectivity index (χ2v) is 8.14. The van der Waals surface area contributed by atoms with E-state index in [1.807, 2.05) is 24.3 Å². The molecule has 0 saturated carbocycles. The highest BCUT2D eigenvalue weighted by molar-refractivity contribution is 5.98. The van der Waals surface area contributed by atoms with Crippen molar-refractivity contribution in [1.82, 2.24) is 15.1 Å². The molecule has 0 atom stereocenters. The first kappa shape index (κ1) is 21.9. The molecule has 2 heterocycles. The molecule has 6 nitrogen and oxygen atoms in total. The van der Waals surface area contributed by atoms with Gasteiger partial charge < -0.3 is 14.8 Å². The van der Waals surface area contributed by atoms with Crippen LogP contribution in [0.5, 0.6) is 11.5 Å². The van der Waals surface area contributed by atoms with E-state index in [4.69, 9.17) is 15.9 Å². The minimum Gasteiger partial charge on any atom is -0.497 e. The van der Waals surface area contributed by atoms with Gasteiger partial charge in [0.25, 0.3) is 0 Å². The molecule has 6 heteroatoms. The molecular weight excluding hydrogens is 400 g/mol. The summed E-state index contributed by atoms with van der Waals surface area (Å²) in [5.41, 5.74) is 3.14. The van der Waals surface area contributed by atoms with Gasteiger partial charge in [0, 0.05) is 42.7 Å². The maximum atomic E-state index is 5.65. The third-order valence-corrected chi connectivity index (χ3v) is 6.14. The van der Waals surface area contributed by atoms with Crippen molar-refractivity contribution in [2.75, 3.05) is 32.6 Å². The van der Waals surface area contributed by atoms with Crippen molar-refractivity contribution in [2.45, 2.75) is 38.8 Å². The summed E-state index contributed by atoms with van der Waals surface area (Å²) in [4.78, 5) is 2.49. The molecule has 0 bridgehead atoms. The first-order valence-electron chi connectivity index (χ1n) is 11.1. The molecule has 2 aromatic carbocycles. The van der Waals surface area contributed by atoms with Crippen LogP contribution in [-0.4, -0.2) is 48.4 Å². The fraction of sp³-hybridized carbons (Fsp3) is 0.385. The number of fused-ring (bicyclic) bond motifs is 1. The van der Waals surface area contributed by atoms with Gasteiger partial charge >= 0.3 is 0 Å². The Morgan fingerprint density at radius 3 is 2.47 bits per heavy atom. The molecule has 0 amide bonds. The average Bonchev–Trinajstić information content (AvgIpc) is 2.85. The molecule has 0 unspecified atom stereocenters. The second-order valence-electron chi connectivity index (χ2n) is 8.14. The van der Waals surface area contributed by atoms with Crippen LogP contribution in [0.15, 0.2) is 36.4 Å². The van der Waals surface area contributed by atoms with E-state index in [9.17, 15) is 0 Å². The zero-order valence-corrected chi connectivity index (χ0v) is 19.0. The summed E-state index contributed by atoms with van der Waals surface area (Å²) in [7, 11) is 3.34. The van der Waals surface area contributed by atoms with Crippen molar-refractivity contribution in [3.63, 3.8) is 0 Å². The van der Waals surface area contributed by atoms with E-state index < -0.39 is 0 Å². The molecule has 0 spiro atoms. The number of aromatic nitrogens is 2. The molecule has 166 valence electrons. The van der Waals surface area contributed by atoms with Crippen LogP contribution in [0, 0.1) is 12.3 Å². The Hall–Kier alpha value is -3.30. The van der Waals surface area contributed by atoms with Crippen molar-refractivity contribution in [1.29, 1.82) is 0 Å². The summed E-state index contributed by atoms with van der Waals surface area (Å²) >= 11 is 0. The van der Waals surface area contributed by atoms with Gasteiger partial charge in [-0.1, -0.05) is 25.0 Å². The molecule has 1 aliphatic rings. The highest BCUT2D eigenvalue weighted by Crippen LogP contribution is 2.36. The summed E-state index contributed by atoms with van der Waals surface area (Å²) in [6, 6.07) is 12.5. The monoisotopic (exact) mass is 430 g/mol. The standard InChI is InChI=1S/C26H30N4O2/c1-5-18-7-9-19(10-8-18)17-30-13-11-20(12-14-30)27-26-22-15-21(31-3)16-24(32-4)25(22)23(6-2)28-29-26/h1,7-10,15-16,20H,6,11-14,17H2,2-4H3,(H,27,29). The van der Waals surface area contributed by atoms with Crippen LogP contribution in [0.25, 0.3) is 10.8 Å². The van der Waals surface area contributed by atoms with Gasteiger partial charge in [-0.05, 0) is 43.0 Å². The first-order valence-corrected chi connectivity index (χ1v) is 11.1. The number of likely N-dealkylation sites (tertiary alicyclic amines) is 1. The third kappa shape index (κ3) is 4.63. The number of benzene rings is 2. The van der Waals surface area contributed by atoms with E-state index in [0.29, 0.717) is 6.04 Å². The van der Waals surface area contributed by atoms with Crippen LogP contribution in [-0.2, 0) is 13.0 Å². The molecule has 1 N–H and O–H groups in total. The zero-order chi connectivity index (χ0) is 22.5. The van der Waals surface area contributed by atoms with Crippen LogP contribution in [0.3, 0.4) is 0 Å². The smallest absolute Gasteiger partial charge is 0.157 e. The van der Waals surface area contributed by atoms with E-state index in [1.54, 1.807) is 14.2 Å². The quantitative estimate of drug-likeness (QED) is 0.565. The number of nitrogens with zero attached hydrogens (tertiary/aromatic N) is 3. The number of hydrogen-bond acceptors (Lipinski definition) is 6. The molecule has 32 heavy (non-hydrogen) atoms. The topological polar surface area (TPSA) is 59.5 Å². The van der Waals surface area contributed by atoms with E-state index >= 15 is 0 Å². The highest BCUT2D eigenvalue weighted by atomic mass is 16.5. The lowest BCUT2D eigenvalue weighted by Gasteiger charge is -2.32. The number of ether oxygens (including phenoxy) is 2. The summed E-state index contributed by atoms with van der Waals surface area (Å²) < 4.78 is 11.1. The zero-order valence-electron chi connectivity index (χ0n) is 19.0. The molecule has 0 aliphatic carbocycles. The predicted molar refractivity (Wildman–Crippen MR) is 128 cm³/mol. The summed E-state index contributed by atoms with van der Waals surface area (Å²) in [5.74, 6) is 4.97. The minimum atomic E-state index is 0.345. The van der Waals surface area contributed by atoms with Crippen molar-refractivity contribution in [3.8, 4) is 23.8 Å². The highest BCUT2D eigenvalue weighted by Gasteiger charge is 2.22. The minimum absolute atomic E-state index is 0.345. The van der Waals surface area contributed by atoms with Gasteiger partial charge in [0.05, 0.1) is 25.3 Å². The van der Waals surface area contributed by atoms with Crippen LogP contribution in [0.1, 0.15) is 36.6 Å². The maximum Gasteiger partial charge on any atom is 0.157 e. The second kappa shape index (κ2) is 9.88. The maximum absolute atomic E-state index is 5.65. The molecule has 3 aromatic rings. The van der Waals surface area contributed by atoms with Gasteiger partial charge in [0.1, 0.15) is 11.5 Å². The molecule has 1 fully saturated rings. The first-order chi connectivity index (χ1) is 15.6. The fourth-order valence-corrected chi connectivity index (χ4v) is 4.32. The Morgan fingerprint density at radius 2 is 1.84 bits per heavy atom. The number of terminal acetylenes is 1. The number of methoxy groups -OCH3 is 2. The van der Waals surface area contributed by atoms with Gasteiger partial charge in [0.15, 0.2) is 5.82 Å². The van der Waals surface area contributed by atoms with Crippen molar-refractivity contribution in [3.05, 3.63) is 53.2 Å². The number of hydrogen-bond donors (Lipinski definition) is 1. The molecule has 1 aromatic heterocycles. The molecule has 1 aliphatic heterocycles. The normalized spacial score (nSPS) is 14.8. The largest absolute Gasteiger partial charge is 0.497 e. The molecular formula is C26H30N4O2. The number of piperidine rings is 1. The van der Waals surface area contributed by atoms with Gasteiger partial charge in [0.2, 0.25) is 0 Å². The predicted octanol–water partition coefficient (Wildman–Crippen LogP) is 4.27. The lowest BCUT2D eigenvalue weighted by Crippen LogP contribution is -2.38. The Morgan fingerprint density at radius 1 is 1.09 bits per heavy atom. The third-order valence-electron chi connectivity index (χ3n) is 6.14. The van der Waals surface area contributed by atoms with E-state index in [1.165, 1.54) is 5.56 Å². The van der Waals surface area contributed by atoms with Crippen LogP contribution in [0.2, 0.25) is 0 Å². The Kier molecular flexibility index (Phi) is 6.77. The van der Waals surface area contributed by atoms with E-state index in [-0.39, 0.29) is 0 Å². The van der Waals surface area contributed by atoms with Crippen molar-refractivity contribution >= 4 is 16.6 Å². The number of nitrogens with one attached hydrogen (secondary N) is 1. The fourth-order valence-electron chi connectivity index (χ4n) is 4.32. The van der Waals surface area contributed by atoms with Crippen LogP contribution in [0.4, 0.5) is 5.82 Å². The summed E-state index contributed by atoms with van der Waals surface area (Å²) in [6.07, 6.45) is 8.33. The number of anilines is 1. The Labute approximate surface area is 189 Å². The van der Waals surface area contributed by atoms with Crippen LogP contribution < -0.4 is 14.8 Å². The lowest BCUT2D eigenvalue weighted by molar-refractivity contribution is 0.211. The molecule has 0 radical (unpaired) electrons. The number of rotatable bonds is 7. The van der Waals surface area contributed by atoms with Gasteiger partial charge in [-0.3, -0.25) is 4.90 Å². The number of aryl methyl sites for hydroxylation is 1. The van der Waals surface area contributed by atoms with Crippen molar-refractivity contribution in [2.24, 2.45) is 0 Å². The Bertz CT molecular complexity index is 1110. The lowest BCUT2D eigenvalue weighted by atomic mass is 10.0. The van der Waals surface area contributed by atoms with E-state index in [2.05, 4.69) is 45.4 Å². The average molecular weight is 431 g/mol. The molecule has 1 saturated heterocycles. The molecule has 4 rings (SSSR count). The van der Waals surface area contributed by atoms with E-state index in [0.717, 1.165) is 78.2 Å². The SMILES string of the molecule is C#Cc1ccc(CN2CCC(Nc3nnc(CC)c4c(OC)cc(OC)cc34)CC2)cc1. The summed E-state index contributed by atoms with van der Waals surface area (Å²) in [6.45, 7) is 5.08. The van der Waals surface area contributed by atoms with Gasteiger partial charge in [-0.2, -0.15) is 5.10 Å². The van der Waals surface area contributed by atoms with Gasteiger partial charge in [-0.15, -0.1) is 11.5 Å². The van der Waals surface area contributed by atoms with Gasteiger partial charge in [-0.25, -0.2) is 0 Å². The van der Waals surface area contributed by atoms with Crippen LogP contribution >= 0.6 is 0 Å². The summed E-state index contributed by atoms with van der Waals surface area (Å²) in [5, 5.41) is 14.6. The Balaban J connectivity index is 1.48. The van der Waals surface area contributed by atoms with Crippen molar-refractivity contribution < 1.29 is 9.47 Å².